The van der Waals surface area contributed by atoms with Gasteiger partial charge in [0.2, 0.25) is 10.0 Å². The molecule has 2 atom stereocenters. The van der Waals surface area contributed by atoms with Crippen molar-refractivity contribution >= 4 is 27.6 Å². The zero-order chi connectivity index (χ0) is 18.9. The molecule has 2 N–H and O–H groups in total. The van der Waals surface area contributed by atoms with Crippen molar-refractivity contribution in [3.8, 4) is 11.5 Å². The number of nitrogens with one attached hydrogen (secondary N) is 1. The van der Waals surface area contributed by atoms with Crippen LogP contribution in [0.2, 0.25) is 5.02 Å². The molecule has 0 amide bonds. The van der Waals surface area contributed by atoms with Gasteiger partial charge in [-0.2, -0.15) is 4.31 Å². The Morgan fingerprint density at radius 2 is 2.12 bits per heavy atom. The summed E-state index contributed by atoms with van der Waals surface area (Å²) in [5.41, 5.74) is -0.107. The molecular formula is C16H21ClN2O6S. The molecule has 3 rings (SSSR count). The number of hydrogen-bond donors (Lipinski definition) is 2. The number of carbonyl (C=O) groups is 1. The Hall–Kier alpha value is -1.55. The van der Waals surface area contributed by atoms with E-state index in [9.17, 15) is 18.3 Å². The molecule has 0 radical (unpaired) electrons. The number of carboxylic acids is 1. The standard InChI is InChI=1S/C16H21ClN2O6S/c1-2-14(26(22,23)19-5-3-18-4-6-19)13-9-24-15-11(16(20)21)7-10(17)8-12(15)25-13/h7-8,13-14,18H,2-6,9H2,1H3,(H,20,21). The minimum Gasteiger partial charge on any atom is -0.485 e. The lowest BCUT2D eigenvalue weighted by atomic mass is 10.1. The average Bonchev–Trinajstić information content (AvgIpc) is 2.61. The van der Waals surface area contributed by atoms with Crippen molar-refractivity contribution in [2.45, 2.75) is 24.7 Å². The number of rotatable bonds is 5. The van der Waals surface area contributed by atoms with Gasteiger partial charge in [0, 0.05) is 37.3 Å². The average molecular weight is 405 g/mol. The predicted octanol–water partition coefficient (Wildman–Crippen LogP) is 1.19. The Kier molecular flexibility index (Phi) is 5.61. The second-order valence-electron chi connectivity index (χ2n) is 6.19. The van der Waals surface area contributed by atoms with Crippen LogP contribution in [0.15, 0.2) is 12.1 Å². The fourth-order valence-corrected chi connectivity index (χ4v) is 5.49. The van der Waals surface area contributed by atoms with Crippen molar-refractivity contribution in [2.75, 3.05) is 32.8 Å². The second-order valence-corrected chi connectivity index (χ2v) is 8.78. The van der Waals surface area contributed by atoms with Gasteiger partial charge in [-0.15, -0.1) is 0 Å². The lowest BCUT2D eigenvalue weighted by Crippen LogP contribution is -2.54. The van der Waals surface area contributed by atoms with Crippen LogP contribution in [0.25, 0.3) is 0 Å². The molecule has 0 aliphatic carbocycles. The van der Waals surface area contributed by atoms with Crippen molar-refractivity contribution in [3.05, 3.63) is 22.7 Å². The molecule has 0 spiro atoms. The van der Waals surface area contributed by atoms with Crippen LogP contribution in [0, 0.1) is 0 Å². The van der Waals surface area contributed by atoms with E-state index in [0.717, 1.165) is 0 Å². The van der Waals surface area contributed by atoms with Gasteiger partial charge in [0.25, 0.3) is 0 Å². The van der Waals surface area contributed by atoms with E-state index in [1.54, 1.807) is 6.92 Å². The summed E-state index contributed by atoms with van der Waals surface area (Å²) in [7, 11) is -3.57. The molecule has 0 saturated carbocycles. The number of sulfonamides is 1. The second kappa shape index (κ2) is 7.59. The molecule has 8 nitrogen and oxygen atoms in total. The summed E-state index contributed by atoms with van der Waals surface area (Å²) < 4.78 is 38.9. The first-order valence-corrected chi connectivity index (χ1v) is 10.3. The van der Waals surface area contributed by atoms with Crippen LogP contribution < -0.4 is 14.8 Å². The van der Waals surface area contributed by atoms with E-state index in [1.807, 2.05) is 0 Å². The largest absolute Gasteiger partial charge is 0.485 e. The summed E-state index contributed by atoms with van der Waals surface area (Å²) >= 11 is 5.97. The Bertz CT molecular complexity index is 794. The molecule has 1 fully saturated rings. The lowest BCUT2D eigenvalue weighted by molar-refractivity contribution is 0.0651. The molecule has 144 valence electrons. The molecule has 1 aromatic rings. The van der Waals surface area contributed by atoms with E-state index in [1.165, 1.54) is 16.4 Å². The molecule has 0 bridgehead atoms. The molecule has 10 heteroatoms. The van der Waals surface area contributed by atoms with Gasteiger partial charge in [-0.25, -0.2) is 13.2 Å². The van der Waals surface area contributed by atoms with Crippen LogP contribution >= 0.6 is 11.6 Å². The normalized spacial score (nSPS) is 22.0. The smallest absolute Gasteiger partial charge is 0.339 e. The zero-order valence-electron chi connectivity index (χ0n) is 14.3. The molecule has 1 saturated heterocycles. The number of carboxylic acid groups (broad SMARTS) is 1. The van der Waals surface area contributed by atoms with Crippen molar-refractivity contribution in [2.24, 2.45) is 0 Å². The number of fused-ring (bicyclic) bond motifs is 1. The third-order valence-electron chi connectivity index (χ3n) is 4.56. The van der Waals surface area contributed by atoms with Gasteiger partial charge in [0.1, 0.15) is 17.4 Å². The molecule has 0 aromatic heterocycles. The summed E-state index contributed by atoms with van der Waals surface area (Å²) in [5.74, 6) is -0.959. The first-order valence-electron chi connectivity index (χ1n) is 8.40. The van der Waals surface area contributed by atoms with Gasteiger partial charge in [-0.05, 0) is 12.5 Å². The van der Waals surface area contributed by atoms with Crippen molar-refractivity contribution in [1.29, 1.82) is 0 Å². The number of aromatic carboxylic acids is 1. The van der Waals surface area contributed by atoms with Gasteiger partial charge >= 0.3 is 5.97 Å². The van der Waals surface area contributed by atoms with E-state index in [-0.39, 0.29) is 28.7 Å². The first-order chi connectivity index (χ1) is 12.3. The fraction of sp³-hybridized carbons (Fsp3) is 0.562. The molecule has 26 heavy (non-hydrogen) atoms. The van der Waals surface area contributed by atoms with Crippen LogP contribution in [0.3, 0.4) is 0 Å². The topological polar surface area (TPSA) is 105 Å². The van der Waals surface area contributed by atoms with E-state index in [0.29, 0.717) is 32.6 Å². The number of nitrogens with zero attached hydrogens (tertiary/aromatic N) is 1. The van der Waals surface area contributed by atoms with Gasteiger partial charge in [-0.3, -0.25) is 0 Å². The molecule has 2 unspecified atom stereocenters. The lowest BCUT2D eigenvalue weighted by Gasteiger charge is -2.36. The molecule has 2 aliphatic rings. The molecule has 1 aromatic carbocycles. The maximum absolute atomic E-state index is 13.0. The summed E-state index contributed by atoms with van der Waals surface area (Å²) in [6.07, 6.45) is -0.394. The maximum Gasteiger partial charge on any atom is 0.339 e. The van der Waals surface area contributed by atoms with Gasteiger partial charge < -0.3 is 19.9 Å². The summed E-state index contributed by atoms with van der Waals surface area (Å²) in [4.78, 5) is 11.4. The van der Waals surface area contributed by atoms with E-state index in [2.05, 4.69) is 5.32 Å². The third kappa shape index (κ3) is 3.62. The zero-order valence-corrected chi connectivity index (χ0v) is 15.8. The third-order valence-corrected chi connectivity index (χ3v) is 7.26. The summed E-state index contributed by atoms with van der Waals surface area (Å²) in [6.45, 7) is 3.79. The monoisotopic (exact) mass is 404 g/mol. The molecule has 2 heterocycles. The Balaban J connectivity index is 1.87. The van der Waals surface area contributed by atoms with Crippen molar-refractivity contribution in [3.63, 3.8) is 0 Å². The Morgan fingerprint density at radius 3 is 2.73 bits per heavy atom. The van der Waals surface area contributed by atoms with Crippen LogP contribution in [-0.2, 0) is 10.0 Å². The highest BCUT2D eigenvalue weighted by Gasteiger charge is 2.41. The van der Waals surface area contributed by atoms with Crippen LogP contribution in [0.5, 0.6) is 11.5 Å². The SMILES string of the molecule is CCC(C1COc2c(cc(Cl)cc2C(=O)O)O1)S(=O)(=O)N1CCNCC1. The number of halogens is 1. The van der Waals surface area contributed by atoms with Crippen molar-refractivity contribution in [1.82, 2.24) is 9.62 Å². The highest BCUT2D eigenvalue weighted by atomic mass is 35.5. The summed E-state index contributed by atoms with van der Waals surface area (Å²) in [6, 6.07) is 2.72. The Labute approximate surface area is 157 Å². The molecule has 2 aliphatic heterocycles. The van der Waals surface area contributed by atoms with Crippen LogP contribution in [-0.4, -0.2) is 67.9 Å². The number of benzene rings is 1. The molecular weight excluding hydrogens is 384 g/mol. The predicted molar refractivity (Wildman–Crippen MR) is 95.8 cm³/mol. The van der Waals surface area contributed by atoms with E-state index in [4.69, 9.17) is 21.1 Å². The van der Waals surface area contributed by atoms with Crippen LogP contribution in [0.4, 0.5) is 0 Å². The van der Waals surface area contributed by atoms with E-state index < -0.39 is 27.3 Å². The maximum atomic E-state index is 13.0. The van der Waals surface area contributed by atoms with Gasteiger partial charge in [0.15, 0.2) is 17.6 Å². The number of ether oxygens (including phenoxy) is 2. The quantitative estimate of drug-likeness (QED) is 0.759. The number of piperazine rings is 1. The van der Waals surface area contributed by atoms with Crippen molar-refractivity contribution < 1.29 is 27.8 Å². The van der Waals surface area contributed by atoms with Gasteiger partial charge in [-0.1, -0.05) is 18.5 Å². The Morgan fingerprint density at radius 1 is 1.42 bits per heavy atom. The van der Waals surface area contributed by atoms with Gasteiger partial charge in [0.05, 0.1) is 0 Å². The van der Waals surface area contributed by atoms with E-state index >= 15 is 0 Å². The highest BCUT2D eigenvalue weighted by Crippen LogP contribution is 2.39. The fourth-order valence-electron chi connectivity index (χ4n) is 3.27. The number of hydrogen-bond acceptors (Lipinski definition) is 6. The first kappa shape index (κ1) is 19.2. The minimum absolute atomic E-state index is 0.0429. The highest BCUT2D eigenvalue weighted by molar-refractivity contribution is 7.89. The van der Waals surface area contributed by atoms with Crippen LogP contribution in [0.1, 0.15) is 23.7 Å². The minimum atomic E-state index is -3.57. The summed E-state index contributed by atoms with van der Waals surface area (Å²) in [5, 5.41) is 11.8.